The van der Waals surface area contributed by atoms with Crippen LogP contribution in [0.15, 0.2) is 5.10 Å². The zero-order chi connectivity index (χ0) is 11.5. The largest absolute Gasteiger partial charge is 0.323 e. The highest BCUT2D eigenvalue weighted by molar-refractivity contribution is 6.39. The van der Waals surface area contributed by atoms with Gasteiger partial charge in [-0.15, -0.1) is 0 Å². The molecule has 0 unspecified atom stereocenters. The van der Waals surface area contributed by atoms with E-state index in [0.29, 0.717) is 12.1 Å². The van der Waals surface area contributed by atoms with Gasteiger partial charge in [-0.05, 0) is 19.3 Å². The minimum absolute atomic E-state index is 0.141. The van der Waals surface area contributed by atoms with Crippen molar-refractivity contribution < 1.29 is 4.79 Å². The Morgan fingerprint density at radius 1 is 1.00 bits per heavy atom. The number of carbonyl (C=O) groups is 1. The molecule has 0 heterocycles. The summed E-state index contributed by atoms with van der Waals surface area (Å²) in [7, 11) is 0. The number of nitrogens with two attached hydrogens (primary N) is 1. The molecule has 15 heavy (non-hydrogen) atoms. The molecule has 0 radical (unpaired) electrons. The minimum atomic E-state index is 0.141. The third-order valence-electron chi connectivity index (χ3n) is 2.50. The van der Waals surface area contributed by atoms with Crippen molar-refractivity contribution in [3.8, 4) is 0 Å². The topological polar surface area (TPSA) is 55.5 Å². The molecule has 0 saturated heterocycles. The molecule has 0 aromatic rings. The van der Waals surface area contributed by atoms with Gasteiger partial charge in [0.2, 0.25) is 0 Å². The highest BCUT2D eigenvalue weighted by Crippen LogP contribution is 2.06. The van der Waals surface area contributed by atoms with Gasteiger partial charge in [-0.3, -0.25) is 4.79 Å². The second kappa shape index (κ2) is 9.69. The van der Waals surface area contributed by atoms with Crippen LogP contribution in [0.3, 0.4) is 0 Å². The molecule has 0 aliphatic carbocycles. The van der Waals surface area contributed by atoms with Crippen LogP contribution in [0.2, 0.25) is 0 Å². The Labute approximate surface area is 93.1 Å². The quantitative estimate of drug-likeness (QED) is 0.276. The first-order valence-electron chi connectivity index (χ1n) is 6.06. The fourth-order valence-corrected chi connectivity index (χ4v) is 1.50. The van der Waals surface area contributed by atoms with Crippen molar-refractivity contribution in [2.45, 2.75) is 65.2 Å². The van der Waals surface area contributed by atoms with Crippen LogP contribution in [0, 0.1) is 0 Å². The van der Waals surface area contributed by atoms with Crippen molar-refractivity contribution in [3.05, 3.63) is 0 Å². The first-order chi connectivity index (χ1) is 7.26. The van der Waals surface area contributed by atoms with Crippen LogP contribution in [-0.4, -0.2) is 11.5 Å². The Kier molecular flexibility index (Phi) is 9.13. The first kappa shape index (κ1) is 14.1. The van der Waals surface area contributed by atoms with Crippen molar-refractivity contribution in [2.24, 2.45) is 10.9 Å². The average molecular weight is 212 g/mol. The zero-order valence-electron chi connectivity index (χ0n) is 10.1. The number of Topliss-reactive ketones (excluding diaryl/α,β-unsaturated/α-hetero) is 1. The predicted molar refractivity (Wildman–Crippen MR) is 64.9 cm³/mol. The molecule has 0 rings (SSSR count). The van der Waals surface area contributed by atoms with E-state index >= 15 is 0 Å². The number of carbonyl (C=O) groups excluding carboxylic acids is 1. The third-order valence-corrected chi connectivity index (χ3v) is 2.50. The first-order valence-corrected chi connectivity index (χ1v) is 6.06. The highest BCUT2D eigenvalue weighted by atomic mass is 16.1. The number of unbranched alkanes of at least 4 members (excludes halogenated alkanes) is 4. The van der Waals surface area contributed by atoms with Gasteiger partial charge in [0, 0.05) is 6.42 Å². The van der Waals surface area contributed by atoms with Crippen LogP contribution < -0.4 is 5.84 Å². The number of ketones is 1. The molecule has 88 valence electrons. The molecule has 0 aliphatic heterocycles. The normalized spacial score (nSPS) is 11.7. The van der Waals surface area contributed by atoms with Crippen LogP contribution >= 0.6 is 0 Å². The van der Waals surface area contributed by atoms with Gasteiger partial charge in [-0.25, -0.2) is 0 Å². The van der Waals surface area contributed by atoms with Crippen LogP contribution in [0.25, 0.3) is 0 Å². The molecule has 3 heteroatoms. The summed E-state index contributed by atoms with van der Waals surface area (Å²) in [5, 5.41) is 3.61. The SMILES string of the molecule is CCCCCC(=O)C(CCCCC)=NN. The van der Waals surface area contributed by atoms with Gasteiger partial charge in [0.05, 0.1) is 0 Å². The molecule has 2 N–H and O–H groups in total. The average Bonchev–Trinajstić information content (AvgIpc) is 2.24. The fraction of sp³-hybridized carbons (Fsp3) is 0.833. The minimum Gasteiger partial charge on any atom is -0.323 e. The second-order valence-electron chi connectivity index (χ2n) is 3.91. The molecule has 0 aromatic heterocycles. The van der Waals surface area contributed by atoms with Crippen molar-refractivity contribution in [1.82, 2.24) is 0 Å². The summed E-state index contributed by atoms with van der Waals surface area (Å²) in [5.74, 6) is 5.37. The van der Waals surface area contributed by atoms with E-state index < -0.39 is 0 Å². The van der Waals surface area contributed by atoms with E-state index in [0.717, 1.165) is 44.9 Å². The fourth-order valence-electron chi connectivity index (χ4n) is 1.50. The van der Waals surface area contributed by atoms with Gasteiger partial charge in [-0.2, -0.15) is 5.10 Å². The maximum atomic E-state index is 11.6. The van der Waals surface area contributed by atoms with E-state index in [1.807, 2.05) is 0 Å². The third kappa shape index (κ3) is 7.11. The lowest BCUT2D eigenvalue weighted by Crippen LogP contribution is -2.15. The van der Waals surface area contributed by atoms with E-state index in [9.17, 15) is 4.79 Å². The molecular formula is C12H24N2O. The molecule has 3 nitrogen and oxygen atoms in total. The van der Waals surface area contributed by atoms with Crippen molar-refractivity contribution in [3.63, 3.8) is 0 Å². The smallest absolute Gasteiger partial charge is 0.178 e. The summed E-state index contributed by atoms with van der Waals surface area (Å²) in [4.78, 5) is 11.6. The highest BCUT2D eigenvalue weighted by Gasteiger charge is 2.10. The maximum absolute atomic E-state index is 11.6. The lowest BCUT2D eigenvalue weighted by molar-refractivity contribution is -0.113. The maximum Gasteiger partial charge on any atom is 0.178 e. The summed E-state index contributed by atoms with van der Waals surface area (Å²) in [6.45, 7) is 4.27. The molecule has 0 bridgehead atoms. The van der Waals surface area contributed by atoms with E-state index in [1.54, 1.807) is 0 Å². The Bertz CT molecular complexity index is 200. The van der Waals surface area contributed by atoms with Gasteiger partial charge in [0.15, 0.2) is 5.78 Å². The van der Waals surface area contributed by atoms with Gasteiger partial charge >= 0.3 is 0 Å². The lowest BCUT2D eigenvalue weighted by atomic mass is 10.0. The Morgan fingerprint density at radius 2 is 1.53 bits per heavy atom. The zero-order valence-corrected chi connectivity index (χ0v) is 10.1. The molecule has 0 saturated carbocycles. The van der Waals surface area contributed by atoms with Crippen molar-refractivity contribution >= 4 is 11.5 Å². The lowest BCUT2D eigenvalue weighted by Gasteiger charge is -2.03. The second-order valence-corrected chi connectivity index (χ2v) is 3.91. The summed E-state index contributed by atoms with van der Waals surface area (Å²) >= 11 is 0. The van der Waals surface area contributed by atoms with E-state index in [2.05, 4.69) is 18.9 Å². The summed E-state index contributed by atoms with van der Waals surface area (Å²) < 4.78 is 0. The van der Waals surface area contributed by atoms with E-state index in [4.69, 9.17) is 5.84 Å². The number of hydrazone groups is 1. The monoisotopic (exact) mass is 212 g/mol. The van der Waals surface area contributed by atoms with Gasteiger partial charge < -0.3 is 5.84 Å². The molecular weight excluding hydrogens is 188 g/mol. The van der Waals surface area contributed by atoms with Gasteiger partial charge in [0.1, 0.15) is 5.71 Å². The van der Waals surface area contributed by atoms with Crippen LogP contribution in [-0.2, 0) is 4.79 Å². The van der Waals surface area contributed by atoms with Crippen LogP contribution in [0.4, 0.5) is 0 Å². The Hall–Kier alpha value is -0.860. The Morgan fingerprint density at radius 3 is 2.00 bits per heavy atom. The Balaban J connectivity index is 3.79. The number of hydrogen-bond acceptors (Lipinski definition) is 3. The van der Waals surface area contributed by atoms with Crippen LogP contribution in [0.5, 0.6) is 0 Å². The van der Waals surface area contributed by atoms with Gasteiger partial charge in [-0.1, -0.05) is 39.5 Å². The van der Waals surface area contributed by atoms with E-state index in [-0.39, 0.29) is 5.78 Å². The number of nitrogens with zero attached hydrogens (tertiary/aromatic N) is 1. The standard InChI is InChI=1S/C12H24N2O/c1-3-5-7-9-11(14-13)12(15)10-8-6-4-2/h3-10,13H2,1-2H3. The summed E-state index contributed by atoms with van der Waals surface area (Å²) in [5.41, 5.74) is 0.583. The molecule has 0 spiro atoms. The number of hydrogen-bond donors (Lipinski definition) is 1. The van der Waals surface area contributed by atoms with Crippen LogP contribution in [0.1, 0.15) is 65.2 Å². The van der Waals surface area contributed by atoms with Gasteiger partial charge in [0.25, 0.3) is 0 Å². The molecule has 0 aromatic carbocycles. The van der Waals surface area contributed by atoms with Crippen molar-refractivity contribution in [1.29, 1.82) is 0 Å². The van der Waals surface area contributed by atoms with E-state index in [1.165, 1.54) is 0 Å². The summed E-state index contributed by atoms with van der Waals surface area (Å²) in [6, 6.07) is 0. The summed E-state index contributed by atoms with van der Waals surface area (Å²) in [6.07, 6.45) is 7.87. The molecule has 0 atom stereocenters. The number of rotatable bonds is 9. The molecule has 0 amide bonds. The van der Waals surface area contributed by atoms with Crippen molar-refractivity contribution in [2.75, 3.05) is 0 Å². The molecule has 0 fully saturated rings. The predicted octanol–water partition coefficient (Wildman–Crippen LogP) is 3.03. The molecule has 0 aliphatic rings.